The van der Waals surface area contributed by atoms with E-state index >= 15 is 0 Å². The summed E-state index contributed by atoms with van der Waals surface area (Å²) in [5.41, 5.74) is 4.61. The number of rotatable bonds is 0. The molecule has 18 aromatic heterocycles. The third-order valence-corrected chi connectivity index (χ3v) is 24.3. The van der Waals surface area contributed by atoms with Crippen LogP contribution in [0.2, 0.25) is 0 Å². The molecule has 648 valence electrons. The number of benzene rings is 19. The molecule has 37 aromatic rings. The molecular weight excluding hydrogens is 1710 g/mol. The highest BCUT2D eigenvalue weighted by Gasteiger charge is 2.17. The summed E-state index contributed by atoms with van der Waals surface area (Å²) in [5.74, 6) is 0. The molecule has 18 heterocycles. The molecule has 12 nitrogen and oxygen atoms in total. The molecule has 0 aliphatic rings. The first-order chi connectivity index (χ1) is 67.7. The second-order valence-electron chi connectivity index (χ2n) is 33.4. The Kier molecular flexibility index (Phi) is 22.5. The van der Waals surface area contributed by atoms with Crippen LogP contribution >= 0.6 is 0 Å². The van der Waals surface area contributed by atoms with Gasteiger partial charge in [-0.3, -0.25) is 28.8 Å². The average Bonchev–Trinajstić information content (AvgIpc) is 0.711. The van der Waals surface area contributed by atoms with Crippen LogP contribution in [0.15, 0.2) is 492 Å². The van der Waals surface area contributed by atoms with Crippen LogP contribution in [0, 0.1) is 36.4 Å². The molecule has 0 N–H and O–H groups in total. The second kappa shape index (κ2) is 36.8. The lowest BCUT2D eigenvalue weighted by molar-refractivity contribution is 0.655. The van der Waals surface area contributed by atoms with Gasteiger partial charge in [0, 0.05) is 97.0 Å². The molecule has 0 spiro atoms. The van der Waals surface area contributed by atoms with Gasteiger partial charge in [-0.25, -0.2) is 0 Å². The topological polar surface area (TPSA) is 181 Å². The Morgan fingerprint density at radius 2 is 0.225 bits per heavy atom. The first-order valence-corrected chi connectivity index (χ1v) is 44.7. The van der Waals surface area contributed by atoms with Crippen LogP contribution in [-0.2, 0) is 0 Å². The molecule has 19 aromatic carbocycles. The third kappa shape index (κ3) is 17.9. The van der Waals surface area contributed by atoms with Gasteiger partial charge >= 0.3 is 0 Å². The quantitative estimate of drug-likeness (QED) is 0.140. The number of hydrogen-bond acceptors (Lipinski definition) is 12. The van der Waals surface area contributed by atoms with E-state index in [0.717, 1.165) is 64.6 Å². The molecule has 0 aliphatic heterocycles. The van der Waals surface area contributed by atoms with E-state index in [-0.39, 0.29) is 32.6 Å². The van der Waals surface area contributed by atoms with Gasteiger partial charge in [0.1, 0.15) is 67.0 Å². The van der Waals surface area contributed by atoms with Crippen molar-refractivity contribution in [3.8, 4) is 0 Å². The van der Waals surface area contributed by atoms with Crippen molar-refractivity contribution in [1.29, 1.82) is 0 Å². The summed E-state index contributed by atoms with van der Waals surface area (Å²) in [6.45, 7) is 0. The van der Waals surface area contributed by atoms with Crippen LogP contribution in [0.3, 0.4) is 0 Å². The molecule has 0 atom stereocenters. The first-order valence-electron chi connectivity index (χ1n) is 44.7. The molecule has 37 rings (SSSR count). The molecular formula is C126H72O12. The van der Waals surface area contributed by atoms with E-state index in [0.29, 0.717) is 164 Å². The van der Waals surface area contributed by atoms with Crippen LogP contribution in [0.4, 0.5) is 0 Å². The fraction of sp³-hybridized carbons (Fsp3) is 0. The Morgan fingerprint density at radius 3 is 0.341 bits per heavy atom. The van der Waals surface area contributed by atoms with Crippen molar-refractivity contribution in [2.24, 2.45) is 0 Å². The third-order valence-electron chi connectivity index (χ3n) is 24.3. The molecule has 0 saturated heterocycles. The SMILES string of the molecule is O=c1c2ccc(cc2)oc2ccc(cc2)c2c3c4ccc(cc4)oc4ccc(cc4)c(=O)c4cccc(c#cc5cccc(c5)c(=O)c5ccc(cc5)oc5ccc(cc5)c3c3c5ccc(cc5)oc5ccc(cc5)c(=O)c5cccc(c#cc6cccc(c6)c(=O)c6ccc(cc6)oc6ccc(cc6)c3c2c2ccc(cc2)oc2ccc(cc2)c(=O)c2cccc(c#cc3cccc1c3)c2)c5)c4. The van der Waals surface area contributed by atoms with Gasteiger partial charge in [-0.2, -0.15) is 0 Å². The molecule has 12 heteroatoms. The summed E-state index contributed by atoms with van der Waals surface area (Å²) in [6.07, 6.45) is 0. The predicted molar refractivity (Wildman–Crippen MR) is 563 cm³/mol. The van der Waals surface area contributed by atoms with E-state index in [9.17, 15) is 28.8 Å². The smallest absolute Gasteiger partial charge is 0.193 e. The van der Waals surface area contributed by atoms with Gasteiger partial charge in [-0.1, -0.05) is 182 Å². The van der Waals surface area contributed by atoms with E-state index in [2.05, 4.69) is 36.4 Å². The van der Waals surface area contributed by atoms with Gasteiger partial charge in [0.05, 0.1) is 0 Å². The number of fused-ring (bicyclic) bond motifs is 6. The second-order valence-corrected chi connectivity index (χ2v) is 33.4. The zero-order chi connectivity index (χ0) is 93.1. The van der Waals surface area contributed by atoms with Crippen molar-refractivity contribution in [1.82, 2.24) is 0 Å². The molecule has 36 bridgehead atoms. The van der Waals surface area contributed by atoms with Crippen LogP contribution in [-0.4, -0.2) is 0 Å². The van der Waals surface area contributed by atoms with Crippen molar-refractivity contribution in [2.75, 3.05) is 0 Å². The highest BCUT2D eigenvalue weighted by molar-refractivity contribution is 6.42. The highest BCUT2D eigenvalue weighted by atomic mass is 16.3. The fourth-order valence-electron chi connectivity index (χ4n) is 17.3. The minimum Gasteiger partial charge on any atom is -0.457 e. The summed E-state index contributed by atoms with van der Waals surface area (Å²) in [6, 6.07) is 152. The van der Waals surface area contributed by atoms with Crippen LogP contribution < -0.4 is 32.6 Å². The normalized spacial score (nSPS) is 11.0. The molecule has 138 heavy (non-hydrogen) atoms. The molecule has 0 saturated carbocycles. The largest absolute Gasteiger partial charge is 0.457 e. The minimum absolute atomic E-state index is 0.209. The standard InChI is InChI=1S/C126H72O12/c127-121-91-37-61-109(62-38-91)133-103-49-25-85(26-50-103)115-116(86-27-51-104(52-28-86)134-110-63-39-92(40-64-110)122(128)98-14-2-8-80(74-98)20-19-79-7-1-13-97(121)73-79)118-88-31-55-106(56-32-88)136-112-67-43-94(44-68-112)124(130)100-16-5-11-83(77-100)23-24-84-12-6-18-102(78-84)126(132)96-47-71-114(72-48-96)138-108-59-35-90(36-60-108)120(118)119-89-33-57-107(58-34-89)137-113-69-45-95(46-70-113)125(131)101-17-4-10-82(76-101)22-21-81-9-3-15-99(75-81)123(129)93-41-65-111(66-42-93)135-105-53-29-87(30-54-105)117(115)119/h1-18,25-78H. The summed E-state index contributed by atoms with van der Waals surface area (Å²) >= 11 is 0. The van der Waals surface area contributed by atoms with Gasteiger partial charge in [-0.15, -0.1) is 0 Å². The monoisotopic (exact) mass is 1780 g/mol. The maximum Gasteiger partial charge on any atom is 0.193 e. The zero-order valence-electron chi connectivity index (χ0n) is 73.5. The molecule has 0 radical (unpaired) electrons. The minimum atomic E-state index is -0.209. The Bertz CT molecular complexity index is 8500. The predicted octanol–water partition coefficient (Wildman–Crippen LogP) is 30.2. The highest BCUT2D eigenvalue weighted by Crippen LogP contribution is 2.45. The van der Waals surface area contributed by atoms with Crippen LogP contribution in [0.25, 0.3) is 229 Å². The molecule has 0 aliphatic carbocycles. The molecule has 0 unspecified atom stereocenters. The Labute approximate surface area is 784 Å². The van der Waals surface area contributed by atoms with E-state index in [1.165, 1.54) is 0 Å². The number of hydrogen-bond donors (Lipinski definition) is 0. The van der Waals surface area contributed by atoms with E-state index < -0.39 is 0 Å². The van der Waals surface area contributed by atoms with E-state index in [4.69, 9.17) is 26.5 Å². The zero-order valence-corrected chi connectivity index (χ0v) is 73.5. The van der Waals surface area contributed by atoms with Gasteiger partial charge in [0.2, 0.25) is 0 Å². The van der Waals surface area contributed by atoms with Gasteiger partial charge in [0.15, 0.2) is 32.6 Å². The fourth-order valence-corrected chi connectivity index (χ4v) is 17.3. The Morgan fingerprint density at radius 1 is 0.116 bits per heavy atom. The lowest BCUT2D eigenvalue weighted by Crippen LogP contribution is -1.97. The van der Waals surface area contributed by atoms with Crippen molar-refractivity contribution in [3.63, 3.8) is 0 Å². The van der Waals surface area contributed by atoms with Crippen molar-refractivity contribution in [2.45, 2.75) is 0 Å². The first kappa shape index (κ1) is 84.2. The Balaban J connectivity index is 0.898. The lowest BCUT2D eigenvalue weighted by atomic mass is 9.88. The van der Waals surface area contributed by atoms with Crippen molar-refractivity contribution >= 4 is 229 Å². The van der Waals surface area contributed by atoms with E-state index in [1.807, 2.05) is 182 Å². The average molecular weight is 1780 g/mol. The van der Waals surface area contributed by atoms with Crippen LogP contribution in [0.5, 0.6) is 0 Å². The van der Waals surface area contributed by atoms with Crippen LogP contribution in [0.1, 0.15) is 0 Å². The van der Waals surface area contributed by atoms with Crippen molar-refractivity contribution in [3.05, 3.63) is 535 Å². The van der Waals surface area contributed by atoms with Gasteiger partial charge < -0.3 is 26.5 Å². The Hall–Kier alpha value is -19.3. The molecule has 0 amide bonds. The maximum absolute atomic E-state index is 14.4. The summed E-state index contributed by atoms with van der Waals surface area (Å²) in [7, 11) is 0. The summed E-state index contributed by atoms with van der Waals surface area (Å²) < 4.78 is 40.6. The van der Waals surface area contributed by atoms with E-state index in [1.54, 1.807) is 255 Å². The van der Waals surface area contributed by atoms with Gasteiger partial charge in [-0.05, 0) is 356 Å². The molecule has 0 fully saturated rings. The summed E-state index contributed by atoms with van der Waals surface area (Å²) in [5, 5.41) is 18.2. The van der Waals surface area contributed by atoms with Gasteiger partial charge in [0.25, 0.3) is 0 Å². The maximum atomic E-state index is 14.4. The lowest BCUT2D eigenvalue weighted by Gasteiger charge is -2.15. The summed E-state index contributed by atoms with van der Waals surface area (Å²) in [4.78, 5) is 86.4. The van der Waals surface area contributed by atoms with Crippen molar-refractivity contribution < 1.29 is 26.5 Å².